The summed E-state index contributed by atoms with van der Waals surface area (Å²) >= 11 is 0. The van der Waals surface area contributed by atoms with E-state index in [2.05, 4.69) is 43.7 Å². The molecule has 38 heavy (non-hydrogen) atoms. The van der Waals surface area contributed by atoms with Crippen LogP contribution in [0.1, 0.15) is 38.3 Å². The fraction of sp³-hybridized carbons (Fsp3) is 0.296. The molecule has 3 aromatic heterocycles. The summed E-state index contributed by atoms with van der Waals surface area (Å²) in [6, 6.07) is 12.5. The lowest BCUT2D eigenvalue weighted by Crippen LogP contribution is -2.24. The highest BCUT2D eigenvalue weighted by Gasteiger charge is 2.15. The van der Waals surface area contributed by atoms with E-state index in [-0.39, 0.29) is 23.8 Å². The molecular weight excluding hydrogens is 487 g/mol. The van der Waals surface area contributed by atoms with Gasteiger partial charge >= 0.3 is 6.09 Å². The van der Waals surface area contributed by atoms with Gasteiger partial charge < -0.3 is 24.9 Å². The summed E-state index contributed by atoms with van der Waals surface area (Å²) in [6.07, 6.45) is 4.36. The molecule has 1 amide bonds. The number of benzene rings is 2. The average molecular weight is 517 g/mol. The predicted molar refractivity (Wildman–Crippen MR) is 143 cm³/mol. The van der Waals surface area contributed by atoms with Crippen molar-refractivity contribution in [2.75, 3.05) is 12.3 Å². The minimum Gasteiger partial charge on any atom is -0.450 e. The minimum atomic E-state index is -0.467. The van der Waals surface area contributed by atoms with Crippen molar-refractivity contribution in [3.63, 3.8) is 0 Å². The Morgan fingerprint density at radius 2 is 1.95 bits per heavy atom. The first kappa shape index (κ1) is 25.1. The second kappa shape index (κ2) is 10.8. The third-order valence-electron chi connectivity index (χ3n) is 6.26. The van der Waals surface area contributed by atoms with Gasteiger partial charge in [-0.1, -0.05) is 18.2 Å². The maximum absolute atomic E-state index is 14.2. The Morgan fingerprint density at radius 1 is 1.11 bits per heavy atom. The van der Waals surface area contributed by atoms with Crippen LogP contribution in [0.4, 0.5) is 15.0 Å². The van der Waals surface area contributed by atoms with Gasteiger partial charge in [-0.05, 0) is 56.5 Å². The number of hydrogen-bond acceptors (Lipinski definition) is 7. The Hall–Kier alpha value is -4.54. The van der Waals surface area contributed by atoms with Crippen molar-refractivity contribution in [1.82, 2.24) is 34.4 Å². The molecule has 0 unspecified atom stereocenters. The van der Waals surface area contributed by atoms with Crippen LogP contribution in [0.3, 0.4) is 0 Å². The average Bonchev–Trinajstić information content (AvgIpc) is 3.52. The summed E-state index contributed by atoms with van der Waals surface area (Å²) in [5.74, 6) is -0.0158. The number of nitrogens with zero attached hydrogens (tertiary/aromatic N) is 6. The van der Waals surface area contributed by atoms with Crippen LogP contribution < -0.4 is 11.1 Å². The van der Waals surface area contributed by atoms with E-state index in [1.807, 2.05) is 29.1 Å². The van der Waals surface area contributed by atoms with Crippen LogP contribution in [0.2, 0.25) is 0 Å². The molecule has 196 valence electrons. The van der Waals surface area contributed by atoms with Crippen LogP contribution in [-0.2, 0) is 17.8 Å². The van der Waals surface area contributed by atoms with E-state index in [9.17, 15) is 9.18 Å². The molecule has 3 heterocycles. The van der Waals surface area contributed by atoms with Crippen LogP contribution in [0.15, 0.2) is 55.1 Å². The molecular formula is C27H29FN8O2. The normalized spacial score (nSPS) is 11.5. The van der Waals surface area contributed by atoms with Gasteiger partial charge in [0.1, 0.15) is 11.3 Å². The number of rotatable bonds is 9. The van der Waals surface area contributed by atoms with Gasteiger partial charge in [0.2, 0.25) is 0 Å². The van der Waals surface area contributed by atoms with E-state index in [1.165, 1.54) is 6.07 Å². The van der Waals surface area contributed by atoms with Crippen molar-refractivity contribution in [3.05, 3.63) is 66.5 Å². The zero-order valence-electron chi connectivity index (χ0n) is 21.3. The number of nitrogens with one attached hydrogen (secondary N) is 1. The Labute approximate surface area is 218 Å². The van der Waals surface area contributed by atoms with Crippen LogP contribution >= 0.6 is 0 Å². The Balaban J connectivity index is 1.12. The Kier molecular flexibility index (Phi) is 7.16. The van der Waals surface area contributed by atoms with Gasteiger partial charge in [-0.15, -0.1) is 0 Å². The maximum atomic E-state index is 14.2. The van der Waals surface area contributed by atoms with Crippen molar-refractivity contribution >= 4 is 34.1 Å². The number of imidazole rings is 2. The first-order valence-corrected chi connectivity index (χ1v) is 12.5. The first-order chi connectivity index (χ1) is 18.4. The first-order valence-electron chi connectivity index (χ1n) is 12.5. The lowest BCUT2D eigenvalue weighted by molar-refractivity contribution is 0.143. The molecule has 10 nitrogen and oxygen atoms in total. The highest BCUT2D eigenvalue weighted by molar-refractivity contribution is 5.83. The van der Waals surface area contributed by atoms with E-state index < -0.39 is 11.9 Å². The molecule has 0 fully saturated rings. The van der Waals surface area contributed by atoms with E-state index in [0.717, 1.165) is 16.6 Å². The second-order valence-electron chi connectivity index (χ2n) is 9.29. The van der Waals surface area contributed by atoms with Gasteiger partial charge in [0.05, 0.1) is 35.9 Å². The van der Waals surface area contributed by atoms with Gasteiger partial charge in [0, 0.05) is 19.1 Å². The molecule has 0 radical (unpaired) electrons. The molecule has 0 aliphatic heterocycles. The van der Waals surface area contributed by atoms with Crippen molar-refractivity contribution in [3.8, 4) is 11.4 Å². The smallest absolute Gasteiger partial charge is 0.407 e. The number of anilines is 1. The van der Waals surface area contributed by atoms with Gasteiger partial charge in [0.25, 0.3) is 0 Å². The van der Waals surface area contributed by atoms with E-state index in [4.69, 9.17) is 10.5 Å². The Bertz CT molecular complexity index is 1590. The number of nitrogens with two attached hydrogens (primary N) is 1. The number of carbonyl (C=O) groups is 1. The molecule has 0 saturated heterocycles. The minimum absolute atomic E-state index is 0.194. The molecule has 0 aliphatic carbocycles. The van der Waals surface area contributed by atoms with Gasteiger partial charge in [0.15, 0.2) is 17.3 Å². The molecule has 3 N–H and O–H groups in total. The zero-order chi connectivity index (χ0) is 26.6. The molecule has 0 spiro atoms. The predicted octanol–water partition coefficient (Wildman–Crippen LogP) is 4.85. The number of unbranched alkanes of at least 4 members (excludes halogenated alkanes) is 1. The highest BCUT2D eigenvalue weighted by Crippen LogP contribution is 2.24. The van der Waals surface area contributed by atoms with Crippen LogP contribution in [0, 0.1) is 5.82 Å². The molecule has 0 bridgehead atoms. The Morgan fingerprint density at radius 3 is 2.76 bits per heavy atom. The number of aromatic nitrogens is 6. The summed E-state index contributed by atoms with van der Waals surface area (Å²) in [7, 11) is 0. The lowest BCUT2D eigenvalue weighted by Gasteiger charge is -2.10. The molecule has 0 aliphatic rings. The topological polar surface area (TPSA) is 126 Å². The third-order valence-corrected chi connectivity index (χ3v) is 6.26. The van der Waals surface area contributed by atoms with Gasteiger partial charge in [-0.2, -0.15) is 0 Å². The zero-order valence-corrected chi connectivity index (χ0v) is 21.3. The van der Waals surface area contributed by atoms with Crippen molar-refractivity contribution in [2.45, 2.75) is 45.8 Å². The van der Waals surface area contributed by atoms with Crippen LogP contribution in [-0.4, -0.2) is 41.8 Å². The van der Waals surface area contributed by atoms with E-state index in [0.29, 0.717) is 43.1 Å². The van der Waals surface area contributed by atoms with Crippen LogP contribution in [0.5, 0.6) is 0 Å². The number of amides is 1. The number of aryl methyl sites for hydroxylation is 1. The number of halogens is 1. The largest absolute Gasteiger partial charge is 0.450 e. The van der Waals surface area contributed by atoms with Gasteiger partial charge in [-0.25, -0.2) is 29.1 Å². The summed E-state index contributed by atoms with van der Waals surface area (Å²) in [5.41, 5.74) is 10.3. The number of carbonyl (C=O) groups excluding carboxylic acids is 1. The quantitative estimate of drug-likeness (QED) is 0.268. The number of ether oxygens (including phenoxy) is 1. The molecule has 0 atom stereocenters. The standard InChI is InChI=1S/C27H29FN8O2/c1-17(2)36-16-31-21-10-9-18(13-22(21)36)14-30-27(37)38-12-6-5-11-35-15-32-23-24(29)33-25(34-26(23)35)19-7-3-4-8-20(19)28/h3-4,7-10,13,15-17H,5-6,11-12,14H2,1-2H3,(H,30,37)(H2,29,33,34). The summed E-state index contributed by atoms with van der Waals surface area (Å²) < 4.78 is 23.5. The molecule has 11 heteroatoms. The maximum Gasteiger partial charge on any atom is 0.407 e. The van der Waals surface area contributed by atoms with Crippen molar-refractivity contribution in [2.24, 2.45) is 0 Å². The fourth-order valence-corrected chi connectivity index (χ4v) is 4.26. The summed E-state index contributed by atoms with van der Waals surface area (Å²) in [6.45, 7) is 5.42. The van der Waals surface area contributed by atoms with Crippen LogP contribution in [0.25, 0.3) is 33.6 Å². The van der Waals surface area contributed by atoms with E-state index >= 15 is 0 Å². The van der Waals surface area contributed by atoms with Gasteiger partial charge in [-0.3, -0.25) is 0 Å². The lowest BCUT2D eigenvalue weighted by atomic mass is 10.2. The monoisotopic (exact) mass is 516 g/mol. The number of hydrogen-bond donors (Lipinski definition) is 2. The third kappa shape index (κ3) is 5.26. The van der Waals surface area contributed by atoms with E-state index in [1.54, 1.807) is 24.5 Å². The van der Waals surface area contributed by atoms with Crippen molar-refractivity contribution < 1.29 is 13.9 Å². The summed E-state index contributed by atoms with van der Waals surface area (Å²) in [4.78, 5) is 29.6. The fourth-order valence-electron chi connectivity index (χ4n) is 4.26. The number of fused-ring (bicyclic) bond motifs is 2. The molecule has 2 aromatic carbocycles. The molecule has 5 rings (SSSR count). The number of alkyl carbamates (subject to hydrolysis) is 1. The number of nitrogen functional groups attached to an aromatic ring is 1. The SMILES string of the molecule is CC(C)n1cnc2ccc(CNC(=O)OCCCCn3cnc4c(N)nc(-c5ccccc5F)nc43)cc21. The highest BCUT2D eigenvalue weighted by atomic mass is 19.1. The molecule has 5 aromatic rings. The summed E-state index contributed by atoms with van der Waals surface area (Å²) in [5, 5.41) is 2.80. The van der Waals surface area contributed by atoms with Crippen molar-refractivity contribution in [1.29, 1.82) is 0 Å². The second-order valence-corrected chi connectivity index (χ2v) is 9.29. The molecule has 0 saturated carbocycles.